The summed E-state index contributed by atoms with van der Waals surface area (Å²) in [5.41, 5.74) is 0. The molecule has 5 nitrogen and oxygen atoms in total. The highest BCUT2D eigenvalue weighted by atomic mass is 127. The third kappa shape index (κ3) is 1.78. The van der Waals surface area contributed by atoms with Crippen molar-refractivity contribution in [1.82, 2.24) is 24.1 Å². The van der Waals surface area contributed by atoms with Crippen LogP contribution in [0.3, 0.4) is 0 Å². The van der Waals surface area contributed by atoms with Gasteiger partial charge < -0.3 is 0 Å². The van der Waals surface area contributed by atoms with Crippen LogP contribution in [0.2, 0.25) is 0 Å². The van der Waals surface area contributed by atoms with Gasteiger partial charge in [-0.1, -0.05) is 0 Å². The van der Waals surface area contributed by atoms with E-state index in [1.54, 1.807) is 11.0 Å². The maximum Gasteiger partial charge on any atom is 0.174 e. The highest BCUT2D eigenvalue weighted by Crippen LogP contribution is 2.07. The SMILES string of the molecule is Ic1nc(Cn2cncn2)ns1. The first-order chi connectivity index (χ1) is 5.84. The summed E-state index contributed by atoms with van der Waals surface area (Å²) in [5.74, 6) is 0.787. The van der Waals surface area contributed by atoms with Gasteiger partial charge in [-0.15, -0.1) is 0 Å². The van der Waals surface area contributed by atoms with Crippen molar-refractivity contribution in [2.75, 3.05) is 0 Å². The maximum atomic E-state index is 4.19. The second kappa shape index (κ2) is 3.44. The predicted molar refractivity (Wildman–Crippen MR) is 51.8 cm³/mol. The Morgan fingerprint density at radius 2 is 2.50 bits per heavy atom. The quantitative estimate of drug-likeness (QED) is 0.768. The second-order valence-electron chi connectivity index (χ2n) is 2.06. The van der Waals surface area contributed by atoms with Gasteiger partial charge in [0.05, 0.1) is 0 Å². The number of rotatable bonds is 2. The van der Waals surface area contributed by atoms with Crippen molar-refractivity contribution in [2.45, 2.75) is 6.54 Å². The molecule has 0 radical (unpaired) electrons. The van der Waals surface area contributed by atoms with Crippen LogP contribution in [-0.4, -0.2) is 24.1 Å². The van der Waals surface area contributed by atoms with Gasteiger partial charge in [-0.3, -0.25) is 0 Å². The van der Waals surface area contributed by atoms with E-state index in [0.29, 0.717) is 6.54 Å². The molecule has 7 heteroatoms. The van der Waals surface area contributed by atoms with Gasteiger partial charge in [0.1, 0.15) is 19.2 Å². The van der Waals surface area contributed by atoms with Crippen molar-refractivity contribution in [3.05, 3.63) is 21.5 Å². The molecule has 0 fully saturated rings. The second-order valence-corrected chi connectivity index (χ2v) is 4.56. The van der Waals surface area contributed by atoms with Gasteiger partial charge in [0.15, 0.2) is 8.84 Å². The molecule has 0 N–H and O–H groups in total. The fourth-order valence-electron chi connectivity index (χ4n) is 0.756. The molecule has 2 heterocycles. The van der Waals surface area contributed by atoms with Gasteiger partial charge in [0.25, 0.3) is 0 Å². The average molecular weight is 293 g/mol. The summed E-state index contributed by atoms with van der Waals surface area (Å²) in [7, 11) is 0. The number of halogens is 1. The van der Waals surface area contributed by atoms with E-state index in [2.05, 4.69) is 42.0 Å². The smallest absolute Gasteiger partial charge is 0.174 e. The Morgan fingerprint density at radius 3 is 3.08 bits per heavy atom. The Morgan fingerprint density at radius 1 is 1.58 bits per heavy atom. The molecule has 0 aromatic carbocycles. The van der Waals surface area contributed by atoms with E-state index in [4.69, 9.17) is 0 Å². The Labute approximate surface area is 86.2 Å². The predicted octanol–water partition coefficient (Wildman–Crippen LogP) is 0.782. The van der Waals surface area contributed by atoms with Crippen LogP contribution in [0.1, 0.15) is 5.82 Å². The first kappa shape index (κ1) is 8.05. The minimum atomic E-state index is 0.597. The zero-order chi connectivity index (χ0) is 8.39. The maximum absolute atomic E-state index is 4.19. The molecule has 0 spiro atoms. The molecule has 0 amide bonds. The molecule has 2 aromatic heterocycles. The van der Waals surface area contributed by atoms with Crippen molar-refractivity contribution < 1.29 is 0 Å². The summed E-state index contributed by atoms with van der Waals surface area (Å²) in [4.78, 5) is 8.01. The molecule has 12 heavy (non-hydrogen) atoms. The summed E-state index contributed by atoms with van der Waals surface area (Å²) in [6.45, 7) is 0.597. The summed E-state index contributed by atoms with van der Waals surface area (Å²) < 4.78 is 6.76. The minimum absolute atomic E-state index is 0.597. The molecule has 0 atom stereocenters. The molecule has 62 valence electrons. The molecule has 0 unspecified atom stereocenters. The van der Waals surface area contributed by atoms with Gasteiger partial charge in [-0.25, -0.2) is 14.6 Å². The lowest BCUT2D eigenvalue weighted by atomic mass is 10.6. The highest BCUT2D eigenvalue weighted by molar-refractivity contribution is 14.1. The van der Waals surface area contributed by atoms with Crippen LogP contribution in [0.4, 0.5) is 0 Å². The molecule has 0 saturated heterocycles. The van der Waals surface area contributed by atoms with Gasteiger partial charge >= 0.3 is 0 Å². The summed E-state index contributed by atoms with van der Waals surface area (Å²) in [6.07, 6.45) is 3.14. The zero-order valence-electron chi connectivity index (χ0n) is 5.88. The van der Waals surface area contributed by atoms with E-state index in [1.807, 2.05) is 0 Å². The lowest BCUT2D eigenvalue weighted by Crippen LogP contribution is -2.01. The third-order valence-corrected chi connectivity index (χ3v) is 2.59. The largest absolute Gasteiger partial charge is 0.245 e. The van der Waals surface area contributed by atoms with Crippen LogP contribution in [0.5, 0.6) is 0 Å². The molecule has 0 bridgehead atoms. The lowest BCUT2D eigenvalue weighted by Gasteiger charge is -1.92. The minimum Gasteiger partial charge on any atom is -0.245 e. The monoisotopic (exact) mass is 293 g/mol. The Hall–Kier alpha value is -0.570. The van der Waals surface area contributed by atoms with Gasteiger partial charge in [-0.05, 0) is 34.1 Å². The first-order valence-electron chi connectivity index (χ1n) is 3.15. The summed E-state index contributed by atoms with van der Waals surface area (Å²) >= 11 is 3.53. The molecule has 2 rings (SSSR count). The van der Waals surface area contributed by atoms with Crippen molar-refractivity contribution >= 4 is 34.1 Å². The van der Waals surface area contributed by atoms with Crippen LogP contribution >= 0.6 is 34.1 Å². The van der Waals surface area contributed by atoms with Crippen LogP contribution in [0.25, 0.3) is 0 Å². The Bertz CT molecular complexity index is 356. The molecule has 0 aliphatic rings. The molecule has 0 aliphatic carbocycles. The van der Waals surface area contributed by atoms with E-state index in [1.165, 1.54) is 17.9 Å². The standard InChI is InChI=1S/C5H4IN5S/c6-5-9-4(10-12-5)1-11-3-7-2-8-11/h2-3H,1H2. The van der Waals surface area contributed by atoms with Crippen molar-refractivity contribution in [2.24, 2.45) is 0 Å². The fourth-order valence-corrected chi connectivity index (χ4v) is 1.76. The molecule has 0 saturated carbocycles. The highest BCUT2D eigenvalue weighted by Gasteiger charge is 2.01. The van der Waals surface area contributed by atoms with Gasteiger partial charge in [-0.2, -0.15) is 9.47 Å². The molecular weight excluding hydrogens is 289 g/mol. The van der Waals surface area contributed by atoms with E-state index >= 15 is 0 Å². The van der Waals surface area contributed by atoms with E-state index < -0.39 is 0 Å². The molecule has 2 aromatic rings. The molecular formula is C5H4IN5S. The normalized spacial score (nSPS) is 10.4. The van der Waals surface area contributed by atoms with Crippen molar-refractivity contribution in [3.8, 4) is 0 Å². The van der Waals surface area contributed by atoms with Gasteiger partial charge in [0, 0.05) is 0 Å². The van der Waals surface area contributed by atoms with E-state index in [0.717, 1.165) is 8.84 Å². The van der Waals surface area contributed by atoms with Crippen LogP contribution < -0.4 is 0 Å². The van der Waals surface area contributed by atoms with Gasteiger partial charge in [0.2, 0.25) is 0 Å². The lowest BCUT2D eigenvalue weighted by molar-refractivity contribution is 0.660. The van der Waals surface area contributed by atoms with Crippen LogP contribution in [-0.2, 0) is 6.54 Å². The average Bonchev–Trinajstić information content (AvgIpc) is 2.63. The van der Waals surface area contributed by atoms with Crippen molar-refractivity contribution in [3.63, 3.8) is 0 Å². The summed E-state index contributed by atoms with van der Waals surface area (Å²) in [6, 6.07) is 0. The number of hydrogen-bond donors (Lipinski definition) is 0. The number of hydrogen-bond acceptors (Lipinski definition) is 5. The van der Waals surface area contributed by atoms with E-state index in [9.17, 15) is 0 Å². The number of nitrogens with zero attached hydrogens (tertiary/aromatic N) is 5. The third-order valence-electron chi connectivity index (χ3n) is 1.21. The summed E-state index contributed by atoms with van der Waals surface area (Å²) in [5, 5.41) is 3.95. The van der Waals surface area contributed by atoms with Crippen LogP contribution in [0, 0.1) is 3.01 Å². The Kier molecular flexibility index (Phi) is 2.30. The Balaban J connectivity index is 2.14. The van der Waals surface area contributed by atoms with Crippen LogP contribution in [0.15, 0.2) is 12.7 Å². The van der Waals surface area contributed by atoms with Crippen molar-refractivity contribution in [1.29, 1.82) is 0 Å². The van der Waals surface area contributed by atoms with E-state index in [-0.39, 0.29) is 0 Å². The zero-order valence-corrected chi connectivity index (χ0v) is 8.86. The molecule has 0 aliphatic heterocycles. The fraction of sp³-hybridized carbons (Fsp3) is 0.200. The first-order valence-corrected chi connectivity index (χ1v) is 5.00. The topological polar surface area (TPSA) is 56.5 Å². The number of aromatic nitrogens is 5.